The highest BCUT2D eigenvalue weighted by Crippen LogP contribution is 2.29. The molecule has 0 radical (unpaired) electrons. The highest BCUT2D eigenvalue weighted by Gasteiger charge is 2.06. The van der Waals surface area contributed by atoms with Crippen LogP contribution < -0.4 is 5.73 Å². The summed E-state index contributed by atoms with van der Waals surface area (Å²) < 4.78 is 1.78. The third-order valence-corrected chi connectivity index (χ3v) is 4.21. The second-order valence-corrected chi connectivity index (χ2v) is 6.10. The second kappa shape index (κ2) is 6.61. The standard InChI is InChI=1S/C12H14Cl2N4S/c1-8(15)11-7-18(17-16-11)4-5-19-12-6-9(13)2-3-10(12)14/h2-3,6-8H,4-5,15H2,1H3. The van der Waals surface area contributed by atoms with Crippen molar-refractivity contribution in [3.63, 3.8) is 0 Å². The minimum Gasteiger partial charge on any atom is -0.323 e. The maximum Gasteiger partial charge on any atom is 0.0991 e. The number of hydrogen-bond acceptors (Lipinski definition) is 4. The second-order valence-electron chi connectivity index (χ2n) is 4.12. The first-order valence-corrected chi connectivity index (χ1v) is 7.54. The van der Waals surface area contributed by atoms with Crippen LogP contribution in [0.5, 0.6) is 0 Å². The van der Waals surface area contributed by atoms with E-state index in [1.165, 1.54) is 0 Å². The number of rotatable bonds is 5. The smallest absolute Gasteiger partial charge is 0.0991 e. The molecule has 0 saturated heterocycles. The van der Waals surface area contributed by atoms with Crippen LogP contribution in [0.4, 0.5) is 0 Å². The summed E-state index contributed by atoms with van der Waals surface area (Å²) in [6, 6.07) is 5.35. The van der Waals surface area contributed by atoms with E-state index in [0.717, 1.165) is 22.9 Å². The number of hydrogen-bond donors (Lipinski definition) is 1. The summed E-state index contributed by atoms with van der Waals surface area (Å²) in [5.41, 5.74) is 6.53. The molecule has 0 amide bonds. The molecule has 0 bridgehead atoms. The lowest BCUT2D eigenvalue weighted by Gasteiger charge is -2.04. The molecule has 1 heterocycles. The highest BCUT2D eigenvalue weighted by atomic mass is 35.5. The van der Waals surface area contributed by atoms with E-state index in [0.29, 0.717) is 10.0 Å². The van der Waals surface area contributed by atoms with Crippen LogP contribution >= 0.6 is 35.0 Å². The van der Waals surface area contributed by atoms with Gasteiger partial charge in [0.2, 0.25) is 0 Å². The maximum atomic E-state index is 6.09. The first kappa shape index (κ1) is 14.7. The van der Waals surface area contributed by atoms with E-state index in [-0.39, 0.29) is 6.04 Å². The first-order valence-electron chi connectivity index (χ1n) is 5.79. The van der Waals surface area contributed by atoms with Gasteiger partial charge in [0.25, 0.3) is 0 Å². The lowest BCUT2D eigenvalue weighted by Crippen LogP contribution is -2.05. The molecule has 0 aliphatic heterocycles. The Morgan fingerprint density at radius 1 is 1.42 bits per heavy atom. The monoisotopic (exact) mass is 316 g/mol. The molecular weight excluding hydrogens is 303 g/mol. The van der Waals surface area contributed by atoms with E-state index in [4.69, 9.17) is 28.9 Å². The largest absolute Gasteiger partial charge is 0.323 e. The van der Waals surface area contributed by atoms with Crippen molar-refractivity contribution < 1.29 is 0 Å². The van der Waals surface area contributed by atoms with Crippen LogP contribution in [0.2, 0.25) is 10.0 Å². The van der Waals surface area contributed by atoms with Crippen LogP contribution in [0, 0.1) is 0 Å². The lowest BCUT2D eigenvalue weighted by atomic mass is 10.3. The molecule has 0 spiro atoms. The quantitative estimate of drug-likeness (QED) is 0.859. The van der Waals surface area contributed by atoms with Gasteiger partial charge in [0.1, 0.15) is 0 Å². The van der Waals surface area contributed by atoms with Gasteiger partial charge in [0, 0.05) is 21.7 Å². The summed E-state index contributed by atoms with van der Waals surface area (Å²) in [7, 11) is 0. The van der Waals surface area contributed by atoms with Crippen LogP contribution in [0.1, 0.15) is 18.7 Å². The average Bonchev–Trinajstić information content (AvgIpc) is 2.82. The zero-order valence-corrected chi connectivity index (χ0v) is 12.7. The maximum absolute atomic E-state index is 6.09. The Morgan fingerprint density at radius 3 is 2.89 bits per heavy atom. The van der Waals surface area contributed by atoms with Crippen LogP contribution in [0.15, 0.2) is 29.3 Å². The van der Waals surface area contributed by atoms with Crippen molar-refractivity contribution in [1.82, 2.24) is 15.0 Å². The van der Waals surface area contributed by atoms with Crippen molar-refractivity contribution in [2.24, 2.45) is 5.73 Å². The number of thioether (sulfide) groups is 1. The fraction of sp³-hybridized carbons (Fsp3) is 0.333. The molecule has 2 rings (SSSR count). The minimum absolute atomic E-state index is 0.0937. The Morgan fingerprint density at radius 2 is 2.21 bits per heavy atom. The lowest BCUT2D eigenvalue weighted by molar-refractivity contribution is 0.631. The highest BCUT2D eigenvalue weighted by molar-refractivity contribution is 7.99. The summed E-state index contributed by atoms with van der Waals surface area (Å²) >= 11 is 13.7. The van der Waals surface area contributed by atoms with Crippen molar-refractivity contribution in [2.75, 3.05) is 5.75 Å². The van der Waals surface area contributed by atoms with Crippen molar-refractivity contribution in [3.05, 3.63) is 40.1 Å². The first-order chi connectivity index (χ1) is 9.06. The van der Waals surface area contributed by atoms with Gasteiger partial charge >= 0.3 is 0 Å². The molecule has 0 saturated carbocycles. The predicted octanol–water partition coefficient (Wildman–Crippen LogP) is 3.40. The van der Waals surface area contributed by atoms with Gasteiger partial charge in [-0.2, -0.15) is 0 Å². The van der Waals surface area contributed by atoms with Crippen molar-refractivity contribution in [2.45, 2.75) is 24.4 Å². The van der Waals surface area contributed by atoms with E-state index >= 15 is 0 Å². The van der Waals surface area contributed by atoms with Gasteiger partial charge in [0.05, 0.1) is 23.5 Å². The molecule has 1 atom stereocenters. The third kappa shape index (κ3) is 4.11. The number of aryl methyl sites for hydroxylation is 1. The predicted molar refractivity (Wildman–Crippen MR) is 79.8 cm³/mol. The van der Waals surface area contributed by atoms with Crippen LogP contribution in [0.3, 0.4) is 0 Å². The molecule has 1 unspecified atom stereocenters. The molecule has 1 aromatic carbocycles. The Kier molecular flexibility index (Phi) is 5.10. The molecule has 2 aromatic rings. The zero-order chi connectivity index (χ0) is 13.8. The molecule has 19 heavy (non-hydrogen) atoms. The molecule has 0 aliphatic carbocycles. The van der Waals surface area contributed by atoms with Gasteiger partial charge < -0.3 is 5.73 Å². The number of halogens is 2. The van der Waals surface area contributed by atoms with Crippen molar-refractivity contribution in [1.29, 1.82) is 0 Å². The summed E-state index contributed by atoms with van der Waals surface area (Å²) in [6.45, 7) is 2.63. The molecule has 1 aromatic heterocycles. The molecule has 0 aliphatic rings. The van der Waals surface area contributed by atoms with E-state index in [1.54, 1.807) is 28.6 Å². The number of aromatic nitrogens is 3. The van der Waals surface area contributed by atoms with E-state index in [1.807, 2.05) is 19.2 Å². The normalized spacial score (nSPS) is 12.6. The van der Waals surface area contributed by atoms with Crippen LogP contribution in [-0.2, 0) is 6.54 Å². The molecule has 4 nitrogen and oxygen atoms in total. The van der Waals surface area contributed by atoms with E-state index in [9.17, 15) is 0 Å². The SMILES string of the molecule is CC(N)c1cn(CCSc2cc(Cl)ccc2Cl)nn1. The summed E-state index contributed by atoms with van der Waals surface area (Å²) in [4.78, 5) is 0.974. The third-order valence-electron chi connectivity index (χ3n) is 2.49. The molecule has 2 N–H and O–H groups in total. The summed E-state index contributed by atoms with van der Waals surface area (Å²) in [5.74, 6) is 0.835. The molecular formula is C12H14Cl2N4S. The summed E-state index contributed by atoms with van der Waals surface area (Å²) in [6.07, 6.45) is 1.87. The number of benzene rings is 1. The Bertz CT molecular complexity index is 556. The van der Waals surface area contributed by atoms with E-state index in [2.05, 4.69) is 10.3 Å². The van der Waals surface area contributed by atoms with E-state index < -0.39 is 0 Å². The minimum atomic E-state index is -0.0937. The fourth-order valence-electron chi connectivity index (χ4n) is 1.47. The van der Waals surface area contributed by atoms with Crippen LogP contribution in [-0.4, -0.2) is 20.7 Å². The van der Waals surface area contributed by atoms with Gasteiger partial charge in [-0.05, 0) is 25.1 Å². The Hall–Kier alpha value is -0.750. The molecule has 0 fully saturated rings. The van der Waals surface area contributed by atoms with Gasteiger partial charge in [-0.1, -0.05) is 28.4 Å². The summed E-state index contributed by atoms with van der Waals surface area (Å²) in [5, 5.41) is 9.43. The molecule has 7 heteroatoms. The Labute approximate surface area is 126 Å². The fourth-order valence-corrected chi connectivity index (χ4v) is 2.90. The van der Waals surface area contributed by atoms with Gasteiger partial charge in [-0.3, -0.25) is 4.68 Å². The Balaban J connectivity index is 1.90. The number of nitrogens with two attached hydrogens (primary N) is 1. The number of nitrogens with zero attached hydrogens (tertiary/aromatic N) is 3. The van der Waals surface area contributed by atoms with Crippen LogP contribution in [0.25, 0.3) is 0 Å². The van der Waals surface area contributed by atoms with Gasteiger partial charge in [-0.15, -0.1) is 16.9 Å². The zero-order valence-electron chi connectivity index (χ0n) is 10.4. The van der Waals surface area contributed by atoms with Crippen molar-refractivity contribution >= 4 is 35.0 Å². The van der Waals surface area contributed by atoms with Gasteiger partial charge in [-0.25, -0.2) is 0 Å². The van der Waals surface area contributed by atoms with Gasteiger partial charge in [0.15, 0.2) is 0 Å². The topological polar surface area (TPSA) is 56.7 Å². The average molecular weight is 317 g/mol. The van der Waals surface area contributed by atoms with Crippen molar-refractivity contribution in [3.8, 4) is 0 Å². The molecule has 102 valence electrons.